The van der Waals surface area contributed by atoms with E-state index in [0.29, 0.717) is 12.4 Å². The first-order valence-electron chi connectivity index (χ1n) is 6.90. The fourth-order valence-electron chi connectivity index (χ4n) is 2.77. The van der Waals surface area contributed by atoms with Crippen molar-refractivity contribution in [3.63, 3.8) is 0 Å². The zero-order valence-corrected chi connectivity index (χ0v) is 13.5. The van der Waals surface area contributed by atoms with Crippen LogP contribution < -0.4 is 10.1 Å². The molecule has 2 aromatic heterocycles. The normalized spacial score (nSPS) is 11.0. The Kier molecular flexibility index (Phi) is 3.59. The van der Waals surface area contributed by atoms with Gasteiger partial charge in [-0.2, -0.15) is 4.98 Å². The molecule has 2 heterocycles. The molecular weight excluding hydrogens is 282 g/mol. The smallest absolute Gasteiger partial charge is 0.238 e. The minimum atomic E-state index is 0.686. The lowest BCUT2D eigenvalue weighted by atomic mass is 10.1. The van der Waals surface area contributed by atoms with Crippen LogP contribution >= 0.6 is 11.3 Å². The molecule has 0 aliphatic heterocycles. The third kappa shape index (κ3) is 2.49. The van der Waals surface area contributed by atoms with E-state index in [0.717, 1.165) is 10.7 Å². The van der Waals surface area contributed by atoms with E-state index in [9.17, 15) is 0 Å². The van der Waals surface area contributed by atoms with Crippen LogP contribution in [0.5, 0.6) is 5.88 Å². The quantitative estimate of drug-likeness (QED) is 0.793. The van der Waals surface area contributed by atoms with Gasteiger partial charge in [-0.05, 0) is 31.9 Å². The largest absolute Gasteiger partial charge is 0.480 e. The van der Waals surface area contributed by atoms with Crippen LogP contribution in [0, 0.1) is 20.8 Å². The first kappa shape index (κ1) is 13.9. The highest BCUT2D eigenvalue weighted by Crippen LogP contribution is 2.26. The Bertz CT molecular complexity index is 765. The van der Waals surface area contributed by atoms with Gasteiger partial charge in [-0.15, -0.1) is 11.3 Å². The van der Waals surface area contributed by atoms with Crippen LogP contribution in [0.1, 0.15) is 22.4 Å². The minimum absolute atomic E-state index is 0.686. The second-order valence-corrected chi connectivity index (χ2v) is 6.12. The number of hydrogen-bond donors (Lipinski definition) is 1. The Balaban J connectivity index is 1.91. The van der Waals surface area contributed by atoms with Crippen molar-refractivity contribution >= 4 is 22.0 Å². The van der Waals surface area contributed by atoms with Gasteiger partial charge in [0, 0.05) is 17.3 Å². The van der Waals surface area contributed by atoms with Crippen LogP contribution in [-0.4, -0.2) is 16.5 Å². The van der Waals surface area contributed by atoms with E-state index >= 15 is 0 Å². The van der Waals surface area contributed by atoms with Crippen molar-refractivity contribution < 1.29 is 4.74 Å². The van der Waals surface area contributed by atoms with Gasteiger partial charge in [0.05, 0.1) is 13.7 Å². The Labute approximate surface area is 128 Å². The number of anilines is 1. The maximum atomic E-state index is 5.39. The van der Waals surface area contributed by atoms with Crippen LogP contribution in [0.25, 0.3) is 4.96 Å². The molecule has 0 spiro atoms. The van der Waals surface area contributed by atoms with Crippen molar-refractivity contribution in [2.45, 2.75) is 27.3 Å². The summed E-state index contributed by atoms with van der Waals surface area (Å²) in [5, 5.41) is 5.57. The lowest BCUT2D eigenvalue weighted by Gasteiger charge is -2.14. The molecule has 5 heteroatoms. The molecule has 0 unspecified atom stereocenters. The Morgan fingerprint density at radius 1 is 1.24 bits per heavy atom. The summed E-state index contributed by atoms with van der Waals surface area (Å²) in [6.07, 6.45) is 2.03. The van der Waals surface area contributed by atoms with E-state index in [1.165, 1.54) is 22.4 Å². The van der Waals surface area contributed by atoms with Crippen molar-refractivity contribution in [3.8, 4) is 5.88 Å². The molecule has 21 heavy (non-hydrogen) atoms. The number of hydrogen-bond acceptors (Lipinski definition) is 4. The molecule has 0 saturated heterocycles. The maximum absolute atomic E-state index is 5.39. The van der Waals surface area contributed by atoms with Crippen molar-refractivity contribution in [1.82, 2.24) is 9.38 Å². The molecule has 1 N–H and O–H groups in total. The third-order valence-corrected chi connectivity index (χ3v) is 4.38. The fraction of sp³-hybridized carbons (Fsp3) is 0.312. The predicted octanol–water partition coefficient (Wildman–Crippen LogP) is 3.94. The number of fused-ring (bicyclic) bond motifs is 1. The molecular formula is C16H19N3OS. The van der Waals surface area contributed by atoms with Crippen molar-refractivity contribution in [2.75, 3.05) is 12.4 Å². The summed E-state index contributed by atoms with van der Waals surface area (Å²) >= 11 is 1.61. The summed E-state index contributed by atoms with van der Waals surface area (Å²) in [5.74, 6) is 0.691. The molecule has 3 aromatic rings. The highest BCUT2D eigenvalue weighted by atomic mass is 32.1. The number of aryl methyl sites for hydroxylation is 3. The van der Waals surface area contributed by atoms with Gasteiger partial charge in [-0.25, -0.2) is 0 Å². The molecule has 0 saturated carbocycles. The molecule has 4 nitrogen and oxygen atoms in total. The number of nitrogens with one attached hydrogen (secondary N) is 1. The number of benzene rings is 1. The Morgan fingerprint density at radius 3 is 2.62 bits per heavy atom. The topological polar surface area (TPSA) is 38.6 Å². The first-order valence-corrected chi connectivity index (χ1v) is 7.78. The number of rotatable bonds is 4. The Hall–Kier alpha value is -2.01. The van der Waals surface area contributed by atoms with Gasteiger partial charge in [0.15, 0.2) is 4.96 Å². The van der Waals surface area contributed by atoms with Gasteiger partial charge in [-0.3, -0.25) is 4.40 Å². The zero-order chi connectivity index (χ0) is 15.0. The molecule has 0 atom stereocenters. The number of imidazole rings is 1. The van der Waals surface area contributed by atoms with E-state index in [1.54, 1.807) is 18.4 Å². The predicted molar refractivity (Wildman–Crippen MR) is 87.6 cm³/mol. The number of nitrogens with zero attached hydrogens (tertiary/aromatic N) is 2. The average Bonchev–Trinajstić information content (AvgIpc) is 2.98. The average molecular weight is 301 g/mol. The van der Waals surface area contributed by atoms with Crippen LogP contribution in [0.3, 0.4) is 0 Å². The molecule has 0 bridgehead atoms. The highest BCUT2D eigenvalue weighted by Gasteiger charge is 2.14. The standard InChI is InChI=1S/C16H19N3OS/c1-10-7-11(2)14(12(3)8-10)17-9-13-15(20-4)18-16-19(13)5-6-21-16/h5-8,17H,9H2,1-4H3. The van der Waals surface area contributed by atoms with Gasteiger partial charge >= 0.3 is 0 Å². The molecule has 3 rings (SSSR count). The van der Waals surface area contributed by atoms with E-state index < -0.39 is 0 Å². The molecule has 110 valence electrons. The lowest BCUT2D eigenvalue weighted by molar-refractivity contribution is 0.395. The molecule has 0 aliphatic carbocycles. The molecule has 0 radical (unpaired) electrons. The van der Waals surface area contributed by atoms with Crippen LogP contribution in [-0.2, 0) is 6.54 Å². The van der Waals surface area contributed by atoms with Crippen molar-refractivity contribution in [2.24, 2.45) is 0 Å². The van der Waals surface area contributed by atoms with Gasteiger partial charge in [0.1, 0.15) is 5.69 Å². The summed E-state index contributed by atoms with van der Waals surface area (Å²) in [6.45, 7) is 7.08. The molecule has 0 fully saturated rings. The highest BCUT2D eigenvalue weighted by molar-refractivity contribution is 7.15. The lowest BCUT2D eigenvalue weighted by Crippen LogP contribution is -2.06. The molecule has 0 aliphatic rings. The van der Waals surface area contributed by atoms with Gasteiger partial charge in [-0.1, -0.05) is 17.7 Å². The van der Waals surface area contributed by atoms with Gasteiger partial charge in [0.2, 0.25) is 5.88 Å². The summed E-state index contributed by atoms with van der Waals surface area (Å²) < 4.78 is 7.47. The monoisotopic (exact) mass is 301 g/mol. The van der Waals surface area contributed by atoms with E-state index in [-0.39, 0.29) is 0 Å². The maximum Gasteiger partial charge on any atom is 0.238 e. The summed E-state index contributed by atoms with van der Waals surface area (Å²) in [4.78, 5) is 5.44. The summed E-state index contributed by atoms with van der Waals surface area (Å²) in [7, 11) is 1.66. The van der Waals surface area contributed by atoms with Crippen LogP contribution in [0.4, 0.5) is 5.69 Å². The minimum Gasteiger partial charge on any atom is -0.480 e. The fourth-order valence-corrected chi connectivity index (χ4v) is 3.49. The van der Waals surface area contributed by atoms with E-state index in [1.807, 2.05) is 11.6 Å². The van der Waals surface area contributed by atoms with E-state index in [2.05, 4.69) is 47.6 Å². The summed E-state index contributed by atoms with van der Waals surface area (Å²) in [5.41, 5.74) is 6.05. The molecule has 1 aromatic carbocycles. The number of thiazole rings is 1. The number of methoxy groups -OCH3 is 1. The SMILES string of the molecule is COc1nc2sccn2c1CNc1c(C)cc(C)cc1C. The zero-order valence-electron chi connectivity index (χ0n) is 12.7. The van der Waals surface area contributed by atoms with Crippen molar-refractivity contribution in [1.29, 1.82) is 0 Å². The van der Waals surface area contributed by atoms with Crippen molar-refractivity contribution in [3.05, 3.63) is 46.1 Å². The van der Waals surface area contributed by atoms with Crippen LogP contribution in [0.2, 0.25) is 0 Å². The van der Waals surface area contributed by atoms with Gasteiger partial charge in [0.25, 0.3) is 0 Å². The van der Waals surface area contributed by atoms with Gasteiger partial charge < -0.3 is 10.1 Å². The third-order valence-electron chi connectivity index (χ3n) is 3.63. The second kappa shape index (κ2) is 5.41. The number of aromatic nitrogens is 2. The second-order valence-electron chi connectivity index (χ2n) is 5.25. The number of ether oxygens (including phenoxy) is 1. The Morgan fingerprint density at radius 2 is 1.95 bits per heavy atom. The molecule has 0 amide bonds. The summed E-state index contributed by atoms with van der Waals surface area (Å²) in [6, 6.07) is 4.40. The van der Waals surface area contributed by atoms with Crippen LogP contribution in [0.15, 0.2) is 23.7 Å². The first-order chi connectivity index (χ1) is 10.1. The van der Waals surface area contributed by atoms with E-state index in [4.69, 9.17) is 4.74 Å².